The number of hydrogen-bond donors (Lipinski definition) is 6. The summed E-state index contributed by atoms with van der Waals surface area (Å²) in [6, 6.07) is 23.5. The highest BCUT2D eigenvalue weighted by Gasteiger charge is 2.25. The zero-order valence-electron chi connectivity index (χ0n) is 23.2. The minimum Gasteiger partial charge on any atom is -0.368 e. The van der Waals surface area contributed by atoms with Crippen molar-refractivity contribution in [1.82, 2.24) is 21.3 Å². The van der Waals surface area contributed by atoms with Gasteiger partial charge in [0.2, 0.25) is 29.5 Å². The molecular formula is C31H35N5O5S. The van der Waals surface area contributed by atoms with Crippen LogP contribution in [-0.4, -0.2) is 60.0 Å². The van der Waals surface area contributed by atoms with Gasteiger partial charge in [-0.3, -0.25) is 24.0 Å². The molecule has 0 aliphatic carbocycles. The normalized spacial score (nSPS) is 12.7. The maximum Gasteiger partial charge on any atom is 0.243 e. The monoisotopic (exact) mass is 589 g/mol. The van der Waals surface area contributed by atoms with Crippen molar-refractivity contribution >= 4 is 42.2 Å². The first-order valence-electron chi connectivity index (χ1n) is 13.4. The Morgan fingerprint density at radius 1 is 0.690 bits per heavy atom. The summed E-state index contributed by atoms with van der Waals surface area (Å²) < 4.78 is 0. The van der Waals surface area contributed by atoms with Crippen LogP contribution in [0.25, 0.3) is 11.1 Å². The maximum atomic E-state index is 12.8. The first-order chi connectivity index (χ1) is 20.2. The molecule has 0 spiro atoms. The second-order valence-corrected chi connectivity index (χ2v) is 10.1. The highest BCUT2D eigenvalue weighted by Crippen LogP contribution is 2.19. The van der Waals surface area contributed by atoms with Crippen LogP contribution in [0, 0.1) is 0 Å². The molecule has 0 aliphatic heterocycles. The molecule has 0 fully saturated rings. The van der Waals surface area contributed by atoms with Gasteiger partial charge < -0.3 is 27.0 Å². The van der Waals surface area contributed by atoms with Crippen molar-refractivity contribution in [3.8, 4) is 11.1 Å². The largest absolute Gasteiger partial charge is 0.368 e. The number of nitrogens with two attached hydrogens (primary N) is 1. The zero-order chi connectivity index (χ0) is 30.5. The van der Waals surface area contributed by atoms with Crippen LogP contribution < -0.4 is 27.0 Å². The van der Waals surface area contributed by atoms with Crippen molar-refractivity contribution in [2.75, 3.05) is 12.3 Å². The minimum absolute atomic E-state index is 0.0101. The zero-order valence-corrected chi connectivity index (χ0v) is 24.1. The molecule has 0 heterocycles. The van der Waals surface area contributed by atoms with Crippen molar-refractivity contribution in [1.29, 1.82) is 0 Å². The third-order valence-corrected chi connectivity index (χ3v) is 6.77. The van der Waals surface area contributed by atoms with Gasteiger partial charge in [0.15, 0.2) is 0 Å². The minimum atomic E-state index is -1.02. The Morgan fingerprint density at radius 2 is 1.26 bits per heavy atom. The Kier molecular flexibility index (Phi) is 12.1. The number of carbonyl (C=O) groups is 5. The molecule has 3 aromatic carbocycles. The Hall–Kier alpha value is -4.64. The van der Waals surface area contributed by atoms with E-state index in [4.69, 9.17) is 5.73 Å². The molecule has 0 saturated heterocycles. The van der Waals surface area contributed by atoms with Crippen LogP contribution in [0.15, 0.2) is 84.9 Å². The van der Waals surface area contributed by atoms with Gasteiger partial charge in [-0.2, -0.15) is 12.6 Å². The molecule has 0 radical (unpaired) electrons. The molecule has 5 amide bonds. The van der Waals surface area contributed by atoms with E-state index >= 15 is 0 Å². The van der Waals surface area contributed by atoms with Crippen LogP contribution in [0.3, 0.4) is 0 Å². The first kappa shape index (κ1) is 31.9. The Bertz CT molecular complexity index is 1370. The number of hydrogen-bond acceptors (Lipinski definition) is 6. The molecule has 0 unspecified atom stereocenters. The van der Waals surface area contributed by atoms with Gasteiger partial charge in [0.05, 0.1) is 13.0 Å². The van der Waals surface area contributed by atoms with Gasteiger partial charge in [-0.05, 0) is 29.2 Å². The van der Waals surface area contributed by atoms with Gasteiger partial charge in [-0.15, -0.1) is 0 Å². The molecular weight excluding hydrogens is 554 g/mol. The van der Waals surface area contributed by atoms with Crippen molar-refractivity contribution in [2.24, 2.45) is 5.73 Å². The van der Waals surface area contributed by atoms with E-state index in [9.17, 15) is 24.0 Å². The van der Waals surface area contributed by atoms with Crippen LogP contribution in [0.2, 0.25) is 0 Å². The number of primary amides is 1. The van der Waals surface area contributed by atoms with Crippen LogP contribution >= 0.6 is 12.6 Å². The Balaban J connectivity index is 1.52. The van der Waals surface area contributed by atoms with Crippen LogP contribution in [0.1, 0.15) is 18.1 Å². The third kappa shape index (κ3) is 10.1. The molecule has 3 atom stereocenters. The summed E-state index contributed by atoms with van der Waals surface area (Å²) in [6.45, 7) is 0.997. The smallest absolute Gasteiger partial charge is 0.243 e. The van der Waals surface area contributed by atoms with Crippen molar-refractivity contribution in [3.05, 3.63) is 96.1 Å². The molecule has 0 aliphatic rings. The van der Waals surface area contributed by atoms with Crippen LogP contribution in [-0.2, 0) is 36.8 Å². The number of rotatable bonds is 14. The fourth-order valence-corrected chi connectivity index (χ4v) is 4.31. The topological polar surface area (TPSA) is 159 Å². The summed E-state index contributed by atoms with van der Waals surface area (Å²) >= 11 is 4.17. The molecule has 0 saturated carbocycles. The van der Waals surface area contributed by atoms with Crippen molar-refractivity contribution in [2.45, 2.75) is 37.9 Å². The van der Waals surface area contributed by atoms with Crippen LogP contribution in [0.5, 0.6) is 0 Å². The summed E-state index contributed by atoms with van der Waals surface area (Å²) in [6.07, 6.45) is 0.215. The number of amides is 5. The van der Waals surface area contributed by atoms with Gasteiger partial charge in [0.1, 0.15) is 18.1 Å². The number of carbonyl (C=O) groups excluding carboxylic acids is 5. The Morgan fingerprint density at radius 3 is 1.86 bits per heavy atom. The Labute approximate surface area is 250 Å². The lowest BCUT2D eigenvalue weighted by Gasteiger charge is -2.21. The fourth-order valence-electron chi connectivity index (χ4n) is 4.05. The molecule has 3 rings (SSSR count). The summed E-state index contributed by atoms with van der Waals surface area (Å²) in [5.74, 6) is -2.90. The molecule has 0 aromatic heterocycles. The predicted molar refractivity (Wildman–Crippen MR) is 163 cm³/mol. The number of nitrogens with one attached hydrogen (secondary N) is 4. The fraction of sp³-hybridized carbons (Fsp3) is 0.258. The highest BCUT2D eigenvalue weighted by molar-refractivity contribution is 7.80. The van der Waals surface area contributed by atoms with E-state index in [1.807, 2.05) is 60.7 Å². The summed E-state index contributed by atoms with van der Waals surface area (Å²) in [5.41, 5.74) is 8.89. The molecule has 11 heteroatoms. The predicted octanol–water partition coefficient (Wildman–Crippen LogP) is 1.14. The molecule has 220 valence electrons. The average Bonchev–Trinajstić information content (AvgIpc) is 2.99. The van der Waals surface area contributed by atoms with Gasteiger partial charge in [-0.1, -0.05) is 84.9 Å². The van der Waals surface area contributed by atoms with E-state index in [2.05, 4.69) is 33.9 Å². The van der Waals surface area contributed by atoms with E-state index < -0.39 is 48.3 Å². The first-order valence-corrected chi connectivity index (χ1v) is 14.0. The average molecular weight is 590 g/mol. The van der Waals surface area contributed by atoms with E-state index in [-0.39, 0.29) is 24.5 Å². The van der Waals surface area contributed by atoms with Crippen molar-refractivity contribution < 1.29 is 24.0 Å². The lowest BCUT2D eigenvalue weighted by Crippen LogP contribution is -2.55. The van der Waals surface area contributed by atoms with Crippen molar-refractivity contribution in [3.63, 3.8) is 0 Å². The standard InChI is InChI=1S/C31H35N5O5S/c1-20(29(32)39)34-31(41)25(16-21-8-4-2-5-9-21)35-28(38)18-33-30(40)26(19-42)36-27(37)17-22-12-14-24(15-13-22)23-10-6-3-7-11-23/h2-15,20,25-26,42H,16-19H2,1H3,(H2,32,39)(H,33,40)(H,34,41)(H,35,38)(H,36,37)/t20-,25-,26-/m0/s1. The molecule has 3 aromatic rings. The van der Waals surface area contributed by atoms with E-state index in [0.29, 0.717) is 0 Å². The van der Waals surface area contributed by atoms with Gasteiger partial charge in [0, 0.05) is 12.2 Å². The number of benzene rings is 3. The summed E-state index contributed by atoms with van der Waals surface area (Å²) in [5, 5.41) is 10.2. The summed E-state index contributed by atoms with van der Waals surface area (Å²) in [7, 11) is 0. The molecule has 0 bridgehead atoms. The quantitative estimate of drug-likeness (QED) is 0.155. The van der Waals surface area contributed by atoms with Gasteiger partial charge >= 0.3 is 0 Å². The second kappa shape index (κ2) is 16.0. The molecule has 6 N–H and O–H groups in total. The molecule has 42 heavy (non-hydrogen) atoms. The number of thiol groups is 1. The second-order valence-electron chi connectivity index (χ2n) is 9.70. The van der Waals surface area contributed by atoms with Crippen LogP contribution in [0.4, 0.5) is 0 Å². The third-order valence-electron chi connectivity index (χ3n) is 6.40. The lowest BCUT2D eigenvalue weighted by atomic mass is 10.0. The SMILES string of the molecule is C[C@H](NC(=O)[C@H](Cc1ccccc1)NC(=O)CNC(=O)[C@H](CS)NC(=O)Cc1ccc(-c2ccccc2)cc1)C(N)=O. The van der Waals surface area contributed by atoms with E-state index in [1.165, 1.54) is 6.92 Å². The van der Waals surface area contributed by atoms with E-state index in [0.717, 1.165) is 22.3 Å². The van der Waals surface area contributed by atoms with E-state index in [1.54, 1.807) is 24.3 Å². The maximum absolute atomic E-state index is 12.8. The summed E-state index contributed by atoms with van der Waals surface area (Å²) in [4.78, 5) is 62.2. The lowest BCUT2D eigenvalue weighted by molar-refractivity contribution is -0.132. The molecule has 10 nitrogen and oxygen atoms in total. The highest BCUT2D eigenvalue weighted by atomic mass is 32.1. The van der Waals surface area contributed by atoms with Gasteiger partial charge in [0.25, 0.3) is 0 Å². The van der Waals surface area contributed by atoms with Gasteiger partial charge in [-0.25, -0.2) is 0 Å².